The molecular weight excluding hydrogens is 304 g/mol. The van der Waals surface area contributed by atoms with E-state index in [0.29, 0.717) is 11.7 Å². The number of methoxy groups -OCH3 is 1. The van der Waals surface area contributed by atoms with Crippen molar-refractivity contribution in [3.05, 3.63) is 42.2 Å². The maximum Gasteiger partial charge on any atom is 0.229 e. The molecule has 1 aliphatic rings. The number of hydrogen-bond donors (Lipinski definition) is 0. The zero-order valence-corrected chi connectivity index (χ0v) is 13.9. The molecule has 0 radical (unpaired) electrons. The normalized spacial score (nSPS) is 15.8. The maximum atomic E-state index is 5.37. The SMILES string of the molecule is COc1ccc2nccc(N3CCC(c4nc(C)no4)CC3)c2c1. The quantitative estimate of drug-likeness (QED) is 0.736. The Hall–Kier alpha value is -2.63. The van der Waals surface area contributed by atoms with E-state index >= 15 is 0 Å². The van der Waals surface area contributed by atoms with Gasteiger partial charge < -0.3 is 14.2 Å². The first kappa shape index (κ1) is 14.9. The fourth-order valence-corrected chi connectivity index (χ4v) is 3.36. The Morgan fingerprint density at radius 1 is 1.21 bits per heavy atom. The lowest BCUT2D eigenvalue weighted by Crippen LogP contribution is -2.33. The first-order chi connectivity index (χ1) is 11.7. The van der Waals surface area contributed by atoms with Gasteiger partial charge in [0, 0.05) is 36.3 Å². The molecule has 0 amide bonds. The van der Waals surface area contributed by atoms with E-state index in [0.717, 1.165) is 48.5 Å². The van der Waals surface area contributed by atoms with Crippen molar-refractivity contribution in [3.63, 3.8) is 0 Å². The molecule has 1 aliphatic heterocycles. The third-order valence-corrected chi connectivity index (χ3v) is 4.65. The second kappa shape index (κ2) is 6.11. The molecule has 0 aliphatic carbocycles. The van der Waals surface area contributed by atoms with Crippen LogP contribution in [0.4, 0.5) is 5.69 Å². The Bertz CT molecular complexity index is 853. The van der Waals surface area contributed by atoms with Crippen LogP contribution < -0.4 is 9.64 Å². The van der Waals surface area contributed by atoms with Crippen LogP contribution >= 0.6 is 0 Å². The van der Waals surface area contributed by atoms with Crippen molar-refractivity contribution in [1.82, 2.24) is 15.1 Å². The lowest BCUT2D eigenvalue weighted by Gasteiger charge is -2.32. The van der Waals surface area contributed by atoms with E-state index < -0.39 is 0 Å². The summed E-state index contributed by atoms with van der Waals surface area (Å²) in [7, 11) is 1.69. The summed E-state index contributed by atoms with van der Waals surface area (Å²) in [5.41, 5.74) is 2.20. The van der Waals surface area contributed by atoms with Crippen molar-refractivity contribution in [1.29, 1.82) is 0 Å². The molecule has 2 aromatic heterocycles. The molecule has 4 rings (SSSR count). The van der Waals surface area contributed by atoms with Crippen LogP contribution in [-0.4, -0.2) is 35.3 Å². The van der Waals surface area contributed by atoms with Crippen molar-refractivity contribution in [2.24, 2.45) is 0 Å². The molecule has 6 heteroatoms. The van der Waals surface area contributed by atoms with Gasteiger partial charge in [0.1, 0.15) is 5.75 Å². The van der Waals surface area contributed by atoms with Crippen LogP contribution in [0.25, 0.3) is 10.9 Å². The van der Waals surface area contributed by atoms with Crippen molar-refractivity contribution < 1.29 is 9.26 Å². The van der Waals surface area contributed by atoms with Gasteiger partial charge in [-0.15, -0.1) is 0 Å². The van der Waals surface area contributed by atoms with Gasteiger partial charge in [-0.1, -0.05) is 5.16 Å². The predicted octanol–water partition coefficient (Wildman–Crippen LogP) is 3.32. The molecule has 0 unspecified atom stereocenters. The number of fused-ring (bicyclic) bond motifs is 1. The largest absolute Gasteiger partial charge is 0.497 e. The molecule has 1 fully saturated rings. The van der Waals surface area contributed by atoms with Crippen molar-refractivity contribution >= 4 is 16.6 Å². The molecule has 0 atom stereocenters. The smallest absolute Gasteiger partial charge is 0.229 e. The van der Waals surface area contributed by atoms with Gasteiger partial charge in [0.05, 0.1) is 12.6 Å². The van der Waals surface area contributed by atoms with Crippen molar-refractivity contribution in [3.8, 4) is 5.75 Å². The van der Waals surface area contributed by atoms with Crippen LogP contribution in [0.15, 0.2) is 35.0 Å². The predicted molar refractivity (Wildman–Crippen MR) is 91.5 cm³/mol. The summed E-state index contributed by atoms with van der Waals surface area (Å²) in [5.74, 6) is 2.69. The van der Waals surface area contributed by atoms with Crippen LogP contribution in [0, 0.1) is 6.92 Å². The molecule has 6 nitrogen and oxygen atoms in total. The number of pyridine rings is 1. The monoisotopic (exact) mass is 324 g/mol. The number of aromatic nitrogens is 3. The van der Waals surface area contributed by atoms with Crippen molar-refractivity contribution in [2.45, 2.75) is 25.7 Å². The fourth-order valence-electron chi connectivity index (χ4n) is 3.36. The highest BCUT2D eigenvalue weighted by molar-refractivity contribution is 5.92. The number of anilines is 1. The molecule has 3 aromatic rings. The lowest BCUT2D eigenvalue weighted by molar-refractivity contribution is 0.327. The first-order valence-electron chi connectivity index (χ1n) is 8.22. The topological polar surface area (TPSA) is 64.3 Å². The third-order valence-electron chi connectivity index (χ3n) is 4.65. The van der Waals surface area contributed by atoms with Crippen LogP contribution in [-0.2, 0) is 0 Å². The van der Waals surface area contributed by atoms with Crippen LogP contribution in [0.5, 0.6) is 5.75 Å². The average Bonchev–Trinajstić information content (AvgIpc) is 3.07. The summed E-state index contributed by atoms with van der Waals surface area (Å²) >= 11 is 0. The van der Waals surface area contributed by atoms with E-state index in [1.54, 1.807) is 7.11 Å². The summed E-state index contributed by atoms with van der Waals surface area (Å²) in [5, 5.41) is 5.04. The number of hydrogen-bond acceptors (Lipinski definition) is 6. The minimum Gasteiger partial charge on any atom is -0.497 e. The Balaban J connectivity index is 1.58. The number of aryl methyl sites for hydroxylation is 1. The second-order valence-corrected chi connectivity index (χ2v) is 6.15. The molecule has 124 valence electrons. The number of nitrogens with zero attached hydrogens (tertiary/aromatic N) is 4. The summed E-state index contributed by atoms with van der Waals surface area (Å²) in [4.78, 5) is 11.2. The van der Waals surface area contributed by atoms with Gasteiger partial charge in [-0.25, -0.2) is 0 Å². The highest BCUT2D eigenvalue weighted by Crippen LogP contribution is 2.33. The fraction of sp³-hybridized carbons (Fsp3) is 0.389. The van der Waals surface area contributed by atoms with Crippen LogP contribution in [0.1, 0.15) is 30.5 Å². The molecule has 0 saturated carbocycles. The third kappa shape index (κ3) is 2.68. The molecule has 1 aromatic carbocycles. The molecule has 0 spiro atoms. The number of piperidine rings is 1. The van der Waals surface area contributed by atoms with Gasteiger partial charge in [0.2, 0.25) is 5.89 Å². The Kier molecular flexibility index (Phi) is 3.80. The summed E-state index contributed by atoms with van der Waals surface area (Å²) in [6.07, 6.45) is 3.89. The molecule has 24 heavy (non-hydrogen) atoms. The Labute approximate surface area is 140 Å². The maximum absolute atomic E-state index is 5.37. The number of ether oxygens (including phenoxy) is 1. The van der Waals surface area contributed by atoms with Gasteiger partial charge in [0.15, 0.2) is 5.82 Å². The van der Waals surface area contributed by atoms with E-state index in [9.17, 15) is 0 Å². The molecule has 1 saturated heterocycles. The van der Waals surface area contributed by atoms with E-state index in [-0.39, 0.29) is 0 Å². The molecular formula is C18H20N4O2. The highest BCUT2D eigenvalue weighted by Gasteiger charge is 2.25. The van der Waals surface area contributed by atoms with Crippen LogP contribution in [0.3, 0.4) is 0 Å². The average molecular weight is 324 g/mol. The summed E-state index contributed by atoms with van der Waals surface area (Å²) in [6, 6.07) is 8.10. The highest BCUT2D eigenvalue weighted by atomic mass is 16.5. The minimum atomic E-state index is 0.352. The molecule has 0 N–H and O–H groups in total. The van der Waals surface area contributed by atoms with Gasteiger partial charge in [0.25, 0.3) is 0 Å². The van der Waals surface area contributed by atoms with Gasteiger partial charge in [-0.2, -0.15) is 4.98 Å². The summed E-state index contributed by atoms with van der Waals surface area (Å²) in [6.45, 7) is 3.78. The standard InChI is InChI=1S/C18H20N4O2/c1-12-20-18(24-21-12)13-6-9-22(10-7-13)17-5-8-19-16-4-3-14(23-2)11-15(16)17/h3-5,8,11,13H,6-7,9-10H2,1-2H3. The Morgan fingerprint density at radius 2 is 2.04 bits per heavy atom. The van der Waals surface area contributed by atoms with E-state index in [1.807, 2.05) is 25.3 Å². The van der Waals surface area contributed by atoms with Crippen molar-refractivity contribution in [2.75, 3.05) is 25.1 Å². The van der Waals surface area contributed by atoms with Gasteiger partial charge in [-0.05, 0) is 44.0 Å². The second-order valence-electron chi connectivity index (χ2n) is 6.15. The zero-order valence-electron chi connectivity index (χ0n) is 13.9. The number of benzene rings is 1. The van der Waals surface area contributed by atoms with Gasteiger partial charge >= 0.3 is 0 Å². The first-order valence-corrected chi connectivity index (χ1v) is 8.22. The van der Waals surface area contributed by atoms with Gasteiger partial charge in [-0.3, -0.25) is 4.98 Å². The molecule has 0 bridgehead atoms. The Morgan fingerprint density at radius 3 is 2.75 bits per heavy atom. The van der Waals surface area contributed by atoms with E-state index in [1.165, 1.54) is 5.69 Å². The number of rotatable bonds is 3. The molecule has 3 heterocycles. The lowest BCUT2D eigenvalue weighted by atomic mass is 9.96. The van der Waals surface area contributed by atoms with E-state index in [2.05, 4.69) is 32.2 Å². The van der Waals surface area contributed by atoms with E-state index in [4.69, 9.17) is 9.26 Å². The zero-order chi connectivity index (χ0) is 16.5. The minimum absolute atomic E-state index is 0.352. The van der Waals surface area contributed by atoms with Crippen LogP contribution in [0.2, 0.25) is 0 Å². The summed E-state index contributed by atoms with van der Waals surface area (Å²) < 4.78 is 10.7.